The summed E-state index contributed by atoms with van der Waals surface area (Å²) in [5.74, 6) is 0. The average molecular weight is 374 g/mol. The summed E-state index contributed by atoms with van der Waals surface area (Å²) in [6.07, 6.45) is 0. The maximum Gasteiger partial charge on any atom is 0.102 e. The summed E-state index contributed by atoms with van der Waals surface area (Å²) in [6.45, 7) is 3.69. The molecule has 0 saturated carbocycles. The minimum atomic E-state index is 0.878. The van der Waals surface area contributed by atoms with Crippen LogP contribution in [0.5, 0.6) is 0 Å². The van der Waals surface area contributed by atoms with Crippen LogP contribution in [0.1, 0.15) is 0 Å². The van der Waals surface area contributed by atoms with Gasteiger partial charge in [-0.3, -0.25) is 9.36 Å². The van der Waals surface area contributed by atoms with Gasteiger partial charge in [0.1, 0.15) is 11.0 Å². The molecule has 0 aliphatic carbocycles. The average Bonchev–Trinajstić information content (AvgIpc) is 3.23. The standard InChI is InChI=1S/C22H26N6/c1-25(2)11-13-27-17-9-5-7-15-19(17)21(23-27)16-8-6-10-18-20(16)22(15)24-28(18)14-12-26(3)4/h5-10H,11-14H2,1-4H3. The molecule has 0 N–H and O–H groups in total. The Morgan fingerprint density at radius 3 is 1.50 bits per heavy atom. The van der Waals surface area contributed by atoms with Crippen molar-refractivity contribution in [2.45, 2.75) is 13.1 Å². The first-order valence-corrected chi connectivity index (χ1v) is 9.84. The Hall–Kier alpha value is -2.70. The molecule has 5 aromatic rings. The van der Waals surface area contributed by atoms with Crippen LogP contribution in [0.4, 0.5) is 0 Å². The molecule has 144 valence electrons. The van der Waals surface area contributed by atoms with E-state index in [4.69, 9.17) is 10.2 Å². The third-order valence-electron chi connectivity index (χ3n) is 5.58. The van der Waals surface area contributed by atoms with Crippen LogP contribution < -0.4 is 0 Å². The van der Waals surface area contributed by atoms with Crippen molar-refractivity contribution in [1.82, 2.24) is 29.4 Å². The minimum Gasteiger partial charge on any atom is -0.308 e. The van der Waals surface area contributed by atoms with Crippen LogP contribution in [0.2, 0.25) is 0 Å². The van der Waals surface area contributed by atoms with Gasteiger partial charge >= 0.3 is 0 Å². The van der Waals surface area contributed by atoms with Gasteiger partial charge < -0.3 is 9.80 Å². The smallest absolute Gasteiger partial charge is 0.102 e. The first kappa shape index (κ1) is 17.4. The van der Waals surface area contributed by atoms with E-state index in [1.807, 2.05) is 0 Å². The van der Waals surface area contributed by atoms with Gasteiger partial charge in [-0.05, 0) is 40.3 Å². The molecule has 5 rings (SSSR count). The second kappa shape index (κ2) is 6.43. The Kier molecular flexibility index (Phi) is 4.00. The van der Waals surface area contributed by atoms with Crippen LogP contribution >= 0.6 is 0 Å². The highest BCUT2D eigenvalue weighted by molar-refractivity contribution is 6.30. The SMILES string of the molecule is CN(C)CCn1nc2c3cccc4c3c(nn4CCN(C)C)c3cccc1c32. The predicted octanol–water partition coefficient (Wildman–Crippen LogP) is 3.25. The predicted molar refractivity (Wildman–Crippen MR) is 116 cm³/mol. The quantitative estimate of drug-likeness (QED) is 0.428. The van der Waals surface area contributed by atoms with Crippen molar-refractivity contribution in [3.63, 3.8) is 0 Å². The lowest BCUT2D eigenvalue weighted by Crippen LogP contribution is -2.19. The molecule has 0 amide bonds. The number of hydrogen-bond donors (Lipinski definition) is 0. The van der Waals surface area contributed by atoms with Crippen molar-refractivity contribution in [2.24, 2.45) is 0 Å². The first-order chi connectivity index (χ1) is 13.5. The fourth-order valence-electron chi connectivity index (χ4n) is 4.16. The lowest BCUT2D eigenvalue weighted by molar-refractivity contribution is 0.377. The van der Waals surface area contributed by atoms with E-state index in [1.165, 1.54) is 32.6 Å². The molecule has 0 atom stereocenters. The molecule has 6 nitrogen and oxygen atoms in total. The summed E-state index contributed by atoms with van der Waals surface area (Å²) in [5, 5.41) is 15.0. The molecular formula is C22H26N6. The second-order valence-electron chi connectivity index (χ2n) is 8.15. The van der Waals surface area contributed by atoms with Crippen LogP contribution in [-0.4, -0.2) is 70.6 Å². The van der Waals surface area contributed by atoms with E-state index in [1.54, 1.807) is 0 Å². The molecule has 6 heteroatoms. The van der Waals surface area contributed by atoms with Crippen LogP contribution in [0.3, 0.4) is 0 Å². The van der Waals surface area contributed by atoms with Gasteiger partial charge in [-0.15, -0.1) is 0 Å². The number of fused-ring (bicyclic) bond motifs is 2. The van der Waals surface area contributed by atoms with Gasteiger partial charge in [0.15, 0.2) is 0 Å². The maximum atomic E-state index is 5.04. The highest BCUT2D eigenvalue weighted by atomic mass is 15.3. The molecule has 3 aromatic carbocycles. The normalized spacial score (nSPS) is 12.8. The van der Waals surface area contributed by atoms with Crippen molar-refractivity contribution < 1.29 is 0 Å². The van der Waals surface area contributed by atoms with Crippen molar-refractivity contribution in [3.8, 4) is 0 Å². The topological polar surface area (TPSA) is 42.1 Å². The third kappa shape index (κ3) is 2.56. The Bertz CT molecular complexity index is 1180. The molecule has 0 aliphatic heterocycles. The van der Waals surface area contributed by atoms with Gasteiger partial charge in [-0.1, -0.05) is 24.3 Å². The molecule has 28 heavy (non-hydrogen) atoms. The molecule has 0 aliphatic rings. The fourth-order valence-corrected chi connectivity index (χ4v) is 4.16. The zero-order chi connectivity index (χ0) is 19.4. The van der Waals surface area contributed by atoms with Crippen molar-refractivity contribution in [2.75, 3.05) is 41.3 Å². The first-order valence-electron chi connectivity index (χ1n) is 9.84. The molecule has 2 heterocycles. The summed E-state index contributed by atoms with van der Waals surface area (Å²) >= 11 is 0. The van der Waals surface area contributed by atoms with E-state index in [0.29, 0.717) is 0 Å². The van der Waals surface area contributed by atoms with E-state index in [2.05, 4.69) is 83.8 Å². The van der Waals surface area contributed by atoms with Gasteiger partial charge in [0.25, 0.3) is 0 Å². The Balaban J connectivity index is 1.81. The number of aromatic nitrogens is 4. The molecule has 0 saturated heterocycles. The fraction of sp³-hybridized carbons (Fsp3) is 0.364. The second-order valence-corrected chi connectivity index (χ2v) is 8.15. The van der Waals surface area contributed by atoms with Gasteiger partial charge in [-0.2, -0.15) is 10.2 Å². The van der Waals surface area contributed by atoms with Crippen LogP contribution in [0.15, 0.2) is 36.4 Å². The lowest BCUT2D eigenvalue weighted by atomic mass is 10.00. The van der Waals surface area contributed by atoms with E-state index in [9.17, 15) is 0 Å². The minimum absolute atomic E-state index is 0.878. The zero-order valence-corrected chi connectivity index (χ0v) is 17.0. The molecule has 0 spiro atoms. The number of likely N-dealkylation sites (N-methyl/N-ethyl adjacent to an activating group) is 2. The maximum absolute atomic E-state index is 5.04. The van der Waals surface area contributed by atoms with E-state index in [0.717, 1.165) is 37.2 Å². The van der Waals surface area contributed by atoms with E-state index < -0.39 is 0 Å². The highest BCUT2D eigenvalue weighted by Crippen LogP contribution is 2.39. The molecule has 0 unspecified atom stereocenters. The Labute approximate surface area is 164 Å². The number of nitrogens with zero attached hydrogens (tertiary/aromatic N) is 6. The third-order valence-corrected chi connectivity index (χ3v) is 5.58. The van der Waals surface area contributed by atoms with E-state index >= 15 is 0 Å². The van der Waals surface area contributed by atoms with Crippen LogP contribution in [-0.2, 0) is 13.1 Å². The van der Waals surface area contributed by atoms with Crippen molar-refractivity contribution >= 4 is 43.6 Å². The van der Waals surface area contributed by atoms with E-state index in [-0.39, 0.29) is 0 Å². The zero-order valence-electron chi connectivity index (χ0n) is 17.0. The molecule has 2 aromatic heterocycles. The number of benzene rings is 3. The van der Waals surface area contributed by atoms with Gasteiger partial charge in [0.2, 0.25) is 0 Å². The van der Waals surface area contributed by atoms with Crippen molar-refractivity contribution in [1.29, 1.82) is 0 Å². The largest absolute Gasteiger partial charge is 0.308 e. The lowest BCUT2D eigenvalue weighted by Gasteiger charge is -2.10. The molecule has 0 radical (unpaired) electrons. The number of rotatable bonds is 6. The molecule has 0 bridgehead atoms. The summed E-state index contributed by atoms with van der Waals surface area (Å²) in [7, 11) is 8.40. The van der Waals surface area contributed by atoms with Gasteiger partial charge in [-0.25, -0.2) is 0 Å². The Morgan fingerprint density at radius 2 is 1.11 bits per heavy atom. The highest BCUT2D eigenvalue weighted by Gasteiger charge is 2.20. The Morgan fingerprint density at radius 1 is 0.679 bits per heavy atom. The summed E-state index contributed by atoms with van der Waals surface area (Å²) < 4.78 is 4.30. The molecular weight excluding hydrogens is 348 g/mol. The van der Waals surface area contributed by atoms with Crippen LogP contribution in [0.25, 0.3) is 43.6 Å². The van der Waals surface area contributed by atoms with Gasteiger partial charge in [0.05, 0.1) is 24.1 Å². The van der Waals surface area contributed by atoms with Gasteiger partial charge in [0, 0.05) is 34.6 Å². The number of hydrogen-bond acceptors (Lipinski definition) is 4. The summed E-state index contributed by atoms with van der Waals surface area (Å²) in [4.78, 5) is 4.39. The summed E-state index contributed by atoms with van der Waals surface area (Å²) in [6, 6.07) is 13.0. The van der Waals surface area contributed by atoms with Crippen LogP contribution in [0, 0.1) is 0 Å². The monoisotopic (exact) mass is 374 g/mol. The van der Waals surface area contributed by atoms with Crippen molar-refractivity contribution in [3.05, 3.63) is 36.4 Å². The summed E-state index contributed by atoms with van der Waals surface area (Å²) in [5.41, 5.74) is 4.57. The molecule has 0 fully saturated rings.